The van der Waals surface area contributed by atoms with Gasteiger partial charge in [0.15, 0.2) is 5.69 Å². The summed E-state index contributed by atoms with van der Waals surface area (Å²) < 4.78 is 39.1. The maximum absolute atomic E-state index is 12.7. The average molecular weight is 269 g/mol. The summed E-state index contributed by atoms with van der Waals surface area (Å²) in [7, 11) is 1.37. The summed E-state index contributed by atoms with van der Waals surface area (Å²) in [6.07, 6.45) is -2.83. The van der Waals surface area contributed by atoms with Gasteiger partial charge in [-0.2, -0.15) is 18.3 Å². The summed E-state index contributed by atoms with van der Waals surface area (Å²) in [5.74, 6) is 0. The lowest BCUT2D eigenvalue weighted by Crippen LogP contribution is -2.12. The highest BCUT2D eigenvalue weighted by Gasteiger charge is 2.42. The van der Waals surface area contributed by atoms with Crippen LogP contribution in [0.15, 0.2) is 0 Å². The summed E-state index contributed by atoms with van der Waals surface area (Å²) in [6, 6.07) is 0. The van der Waals surface area contributed by atoms with E-state index in [2.05, 4.69) is 5.10 Å². The minimum atomic E-state index is -4.51. The van der Waals surface area contributed by atoms with Crippen molar-refractivity contribution in [3.8, 4) is 0 Å². The first-order valence-electron chi connectivity index (χ1n) is 5.24. The third-order valence-electron chi connectivity index (χ3n) is 3.01. The third kappa shape index (κ3) is 2.57. The Balaban J connectivity index is 2.24. The number of alkyl halides is 3. The van der Waals surface area contributed by atoms with Gasteiger partial charge in [-0.25, -0.2) is 0 Å². The minimum absolute atomic E-state index is 0.0124. The molecule has 1 aromatic rings. The van der Waals surface area contributed by atoms with Crippen molar-refractivity contribution in [1.29, 1.82) is 0 Å². The van der Waals surface area contributed by atoms with E-state index < -0.39 is 17.5 Å². The summed E-state index contributed by atoms with van der Waals surface area (Å²) in [4.78, 5) is 0. The monoisotopic (exact) mass is 268 g/mol. The van der Waals surface area contributed by atoms with Gasteiger partial charge in [0.05, 0.1) is 5.60 Å². The number of aliphatic hydroxyl groups is 1. The number of rotatable bonds is 3. The highest BCUT2D eigenvalue weighted by atomic mass is 35.5. The maximum atomic E-state index is 12.7. The van der Waals surface area contributed by atoms with E-state index in [9.17, 15) is 18.3 Å². The molecule has 0 bridgehead atoms. The quantitative estimate of drug-likeness (QED) is 0.915. The van der Waals surface area contributed by atoms with Crippen LogP contribution in [-0.4, -0.2) is 20.5 Å². The van der Waals surface area contributed by atoms with Crippen LogP contribution < -0.4 is 0 Å². The van der Waals surface area contributed by atoms with Gasteiger partial charge in [-0.1, -0.05) is 11.6 Å². The van der Waals surface area contributed by atoms with E-state index in [0.29, 0.717) is 19.3 Å². The molecule has 96 valence electrons. The maximum Gasteiger partial charge on any atom is 0.435 e. The van der Waals surface area contributed by atoms with Gasteiger partial charge in [-0.15, -0.1) is 0 Å². The van der Waals surface area contributed by atoms with E-state index >= 15 is 0 Å². The fourth-order valence-electron chi connectivity index (χ4n) is 1.75. The number of halogens is 4. The molecule has 0 aliphatic heterocycles. The summed E-state index contributed by atoms with van der Waals surface area (Å²) in [5, 5.41) is 13.0. The topological polar surface area (TPSA) is 38.0 Å². The molecule has 0 radical (unpaired) electrons. The van der Waals surface area contributed by atoms with Crippen molar-refractivity contribution >= 4 is 11.6 Å². The largest absolute Gasteiger partial charge is 0.435 e. The van der Waals surface area contributed by atoms with Gasteiger partial charge in [0, 0.05) is 12.6 Å². The summed E-state index contributed by atoms with van der Waals surface area (Å²) >= 11 is 5.79. The van der Waals surface area contributed by atoms with Crippen LogP contribution in [0.25, 0.3) is 0 Å². The minimum Gasteiger partial charge on any atom is -0.390 e. The lowest BCUT2D eigenvalue weighted by molar-refractivity contribution is -0.142. The zero-order valence-corrected chi connectivity index (χ0v) is 9.94. The standard InChI is InChI=1S/C10H12ClF3N2O/c1-16-8(11)6(2-3-9(17)4-5-9)7(15-16)10(12,13)14/h17H,2-5H2,1H3. The Morgan fingerprint density at radius 1 is 1.47 bits per heavy atom. The molecule has 1 aliphatic rings. The van der Waals surface area contributed by atoms with E-state index in [1.807, 2.05) is 0 Å². The van der Waals surface area contributed by atoms with Crippen molar-refractivity contribution < 1.29 is 18.3 Å². The molecular weight excluding hydrogens is 257 g/mol. The van der Waals surface area contributed by atoms with Crippen LogP contribution in [0.2, 0.25) is 5.15 Å². The molecule has 3 nitrogen and oxygen atoms in total. The molecule has 0 atom stereocenters. The van der Waals surface area contributed by atoms with E-state index in [1.165, 1.54) is 7.05 Å². The number of hydrogen-bond donors (Lipinski definition) is 1. The zero-order chi connectivity index (χ0) is 12.8. The fraction of sp³-hybridized carbons (Fsp3) is 0.700. The smallest absolute Gasteiger partial charge is 0.390 e. The fourth-order valence-corrected chi connectivity index (χ4v) is 1.97. The zero-order valence-electron chi connectivity index (χ0n) is 9.18. The van der Waals surface area contributed by atoms with Crippen molar-refractivity contribution in [2.75, 3.05) is 0 Å². The molecule has 1 N–H and O–H groups in total. The first-order chi connectivity index (χ1) is 7.73. The lowest BCUT2D eigenvalue weighted by Gasteiger charge is -2.09. The van der Waals surface area contributed by atoms with E-state index in [4.69, 9.17) is 11.6 Å². The van der Waals surface area contributed by atoms with Crippen molar-refractivity contribution in [3.05, 3.63) is 16.4 Å². The van der Waals surface area contributed by atoms with E-state index in [-0.39, 0.29) is 17.1 Å². The normalized spacial score (nSPS) is 18.5. The third-order valence-corrected chi connectivity index (χ3v) is 3.48. The highest BCUT2D eigenvalue weighted by Crippen LogP contribution is 2.41. The van der Waals surface area contributed by atoms with Crippen LogP contribution in [0.3, 0.4) is 0 Å². The number of aryl methyl sites for hydroxylation is 1. The molecule has 17 heavy (non-hydrogen) atoms. The molecule has 1 heterocycles. The second-order valence-corrected chi connectivity index (χ2v) is 4.82. The summed E-state index contributed by atoms with van der Waals surface area (Å²) in [6.45, 7) is 0. The van der Waals surface area contributed by atoms with Crippen LogP contribution in [0, 0.1) is 0 Å². The molecule has 0 unspecified atom stereocenters. The van der Waals surface area contributed by atoms with Gasteiger partial charge >= 0.3 is 6.18 Å². The van der Waals surface area contributed by atoms with Gasteiger partial charge < -0.3 is 5.11 Å². The van der Waals surface area contributed by atoms with Gasteiger partial charge in [-0.05, 0) is 25.7 Å². The molecule has 1 aliphatic carbocycles. The summed E-state index contributed by atoms with van der Waals surface area (Å²) in [5.41, 5.74) is -1.77. The number of nitrogens with zero attached hydrogens (tertiary/aromatic N) is 2. The predicted molar refractivity (Wildman–Crippen MR) is 55.7 cm³/mol. The molecule has 2 rings (SSSR count). The van der Waals surface area contributed by atoms with Crippen molar-refractivity contribution in [2.45, 2.75) is 37.5 Å². The first kappa shape index (κ1) is 12.7. The Bertz CT molecular complexity index is 437. The van der Waals surface area contributed by atoms with Crippen molar-refractivity contribution in [2.24, 2.45) is 7.05 Å². The molecule has 1 aromatic heterocycles. The molecular formula is C10H12ClF3N2O. The average Bonchev–Trinajstić information content (AvgIpc) is 2.85. The number of aromatic nitrogens is 2. The molecule has 1 fully saturated rings. The molecule has 0 aromatic carbocycles. The van der Waals surface area contributed by atoms with Gasteiger partial charge in [0.1, 0.15) is 5.15 Å². The van der Waals surface area contributed by atoms with Crippen LogP contribution in [0.5, 0.6) is 0 Å². The Morgan fingerprint density at radius 3 is 2.53 bits per heavy atom. The second kappa shape index (κ2) is 3.88. The molecule has 7 heteroatoms. The molecule has 1 saturated carbocycles. The molecule has 0 spiro atoms. The van der Waals surface area contributed by atoms with Gasteiger partial charge in [0.2, 0.25) is 0 Å². The second-order valence-electron chi connectivity index (χ2n) is 4.46. The van der Waals surface area contributed by atoms with Crippen LogP contribution in [0.4, 0.5) is 13.2 Å². The van der Waals surface area contributed by atoms with Crippen LogP contribution in [0.1, 0.15) is 30.5 Å². The van der Waals surface area contributed by atoms with Crippen molar-refractivity contribution in [1.82, 2.24) is 9.78 Å². The van der Waals surface area contributed by atoms with E-state index in [1.54, 1.807) is 0 Å². The Morgan fingerprint density at radius 2 is 2.06 bits per heavy atom. The van der Waals surface area contributed by atoms with Crippen molar-refractivity contribution in [3.63, 3.8) is 0 Å². The first-order valence-corrected chi connectivity index (χ1v) is 5.62. The Kier molecular flexibility index (Phi) is 2.90. The Hall–Kier alpha value is -0.750. The van der Waals surface area contributed by atoms with E-state index in [0.717, 1.165) is 4.68 Å². The predicted octanol–water partition coefficient (Wildman–Crippen LogP) is 2.55. The SMILES string of the molecule is Cn1nc(C(F)(F)F)c(CCC2(O)CC2)c1Cl. The van der Waals surface area contributed by atoms with Crippen LogP contribution >= 0.6 is 11.6 Å². The highest BCUT2D eigenvalue weighted by molar-refractivity contribution is 6.30. The molecule has 0 saturated heterocycles. The van der Waals surface area contributed by atoms with Gasteiger partial charge in [-0.3, -0.25) is 4.68 Å². The lowest BCUT2D eigenvalue weighted by atomic mass is 10.1. The Labute approximate surface area is 101 Å². The van der Waals surface area contributed by atoms with Crippen LogP contribution in [-0.2, 0) is 19.6 Å². The molecule has 0 amide bonds. The number of hydrogen-bond acceptors (Lipinski definition) is 2. The van der Waals surface area contributed by atoms with Gasteiger partial charge in [0.25, 0.3) is 0 Å².